The minimum absolute atomic E-state index is 0.749. The van der Waals surface area contributed by atoms with Gasteiger partial charge in [-0.3, -0.25) is 0 Å². The third kappa shape index (κ3) is 1.87. The SMILES string of the molecule is Cc1ccc(-c2cn3ccc(C)c(N)c3n2)c(C)c1. The number of hydrogen-bond acceptors (Lipinski definition) is 2. The summed E-state index contributed by atoms with van der Waals surface area (Å²) in [6.45, 7) is 6.21. The first kappa shape index (κ1) is 11.8. The predicted octanol–water partition coefficient (Wildman–Crippen LogP) is 3.51. The van der Waals surface area contributed by atoms with Gasteiger partial charge in [0.25, 0.3) is 0 Å². The molecule has 96 valence electrons. The average molecular weight is 251 g/mol. The number of nitrogens with zero attached hydrogens (tertiary/aromatic N) is 2. The third-order valence-corrected chi connectivity index (χ3v) is 3.54. The fraction of sp³-hybridized carbons (Fsp3) is 0.188. The Morgan fingerprint density at radius 1 is 1.05 bits per heavy atom. The monoisotopic (exact) mass is 251 g/mol. The van der Waals surface area contributed by atoms with E-state index in [0.29, 0.717) is 0 Å². The summed E-state index contributed by atoms with van der Waals surface area (Å²) in [5.41, 5.74) is 13.4. The van der Waals surface area contributed by atoms with Crippen LogP contribution in [-0.2, 0) is 0 Å². The van der Waals surface area contributed by atoms with Gasteiger partial charge in [-0.15, -0.1) is 0 Å². The highest BCUT2D eigenvalue weighted by molar-refractivity contribution is 5.74. The Morgan fingerprint density at radius 3 is 2.58 bits per heavy atom. The van der Waals surface area contributed by atoms with Crippen LogP contribution in [0.15, 0.2) is 36.7 Å². The van der Waals surface area contributed by atoms with Gasteiger partial charge in [0.05, 0.1) is 11.4 Å². The van der Waals surface area contributed by atoms with Gasteiger partial charge in [-0.2, -0.15) is 0 Å². The number of hydrogen-bond donors (Lipinski definition) is 1. The van der Waals surface area contributed by atoms with E-state index in [2.05, 4.69) is 37.0 Å². The van der Waals surface area contributed by atoms with Gasteiger partial charge in [0, 0.05) is 18.0 Å². The lowest BCUT2D eigenvalue weighted by molar-refractivity contribution is 1.17. The summed E-state index contributed by atoms with van der Waals surface area (Å²) < 4.78 is 1.98. The first-order valence-corrected chi connectivity index (χ1v) is 6.37. The van der Waals surface area contributed by atoms with Gasteiger partial charge in [0.15, 0.2) is 5.65 Å². The van der Waals surface area contributed by atoms with Gasteiger partial charge in [-0.05, 0) is 38.0 Å². The third-order valence-electron chi connectivity index (χ3n) is 3.54. The summed E-state index contributed by atoms with van der Waals surface area (Å²) in [7, 11) is 0. The van der Waals surface area contributed by atoms with Crippen molar-refractivity contribution >= 4 is 11.3 Å². The molecule has 0 aliphatic rings. The van der Waals surface area contributed by atoms with Crippen LogP contribution < -0.4 is 5.73 Å². The van der Waals surface area contributed by atoms with Crippen LogP contribution in [0, 0.1) is 20.8 Å². The van der Waals surface area contributed by atoms with Gasteiger partial charge >= 0.3 is 0 Å². The minimum atomic E-state index is 0.749. The first-order valence-electron chi connectivity index (χ1n) is 6.37. The van der Waals surface area contributed by atoms with Gasteiger partial charge in [0.2, 0.25) is 0 Å². The largest absolute Gasteiger partial charge is 0.395 e. The number of rotatable bonds is 1. The number of imidazole rings is 1. The van der Waals surface area contributed by atoms with E-state index in [4.69, 9.17) is 5.73 Å². The summed E-state index contributed by atoms with van der Waals surface area (Å²) in [6, 6.07) is 8.42. The molecule has 0 atom stereocenters. The second-order valence-electron chi connectivity index (χ2n) is 5.09. The molecule has 19 heavy (non-hydrogen) atoms. The molecule has 3 nitrogen and oxygen atoms in total. The molecule has 0 radical (unpaired) electrons. The molecule has 0 fully saturated rings. The molecule has 3 rings (SSSR count). The second kappa shape index (κ2) is 4.12. The lowest BCUT2D eigenvalue weighted by Crippen LogP contribution is -1.94. The van der Waals surface area contributed by atoms with Gasteiger partial charge < -0.3 is 10.1 Å². The van der Waals surface area contributed by atoms with E-state index in [1.54, 1.807) is 0 Å². The zero-order chi connectivity index (χ0) is 13.6. The molecule has 0 saturated heterocycles. The Labute approximate surface area is 112 Å². The van der Waals surface area contributed by atoms with Crippen molar-refractivity contribution in [2.45, 2.75) is 20.8 Å². The van der Waals surface area contributed by atoms with Crippen molar-refractivity contribution in [2.24, 2.45) is 0 Å². The molecule has 0 aliphatic carbocycles. The molecule has 1 aromatic carbocycles. The summed E-state index contributed by atoms with van der Waals surface area (Å²) in [6.07, 6.45) is 4.03. The highest BCUT2D eigenvalue weighted by Gasteiger charge is 2.09. The molecular formula is C16H17N3. The number of aromatic nitrogens is 2. The fourth-order valence-corrected chi connectivity index (χ4v) is 2.40. The van der Waals surface area contributed by atoms with Crippen LogP contribution in [0.5, 0.6) is 0 Å². The van der Waals surface area contributed by atoms with Crippen LogP contribution in [0.3, 0.4) is 0 Å². The molecule has 3 aromatic rings. The fourth-order valence-electron chi connectivity index (χ4n) is 2.40. The molecule has 3 heteroatoms. The van der Waals surface area contributed by atoms with Crippen LogP contribution in [0.1, 0.15) is 16.7 Å². The molecule has 0 bridgehead atoms. The first-order chi connectivity index (χ1) is 9.06. The molecule has 2 aromatic heterocycles. The normalized spacial score (nSPS) is 11.1. The topological polar surface area (TPSA) is 43.3 Å². The summed E-state index contributed by atoms with van der Waals surface area (Å²) in [5.74, 6) is 0. The highest BCUT2D eigenvalue weighted by Crippen LogP contribution is 2.26. The summed E-state index contributed by atoms with van der Waals surface area (Å²) in [4.78, 5) is 4.67. The van der Waals surface area contributed by atoms with Crippen LogP contribution in [-0.4, -0.2) is 9.38 Å². The quantitative estimate of drug-likeness (QED) is 0.719. The Morgan fingerprint density at radius 2 is 1.84 bits per heavy atom. The molecule has 2 N–H and O–H groups in total. The highest BCUT2D eigenvalue weighted by atomic mass is 15.0. The van der Waals surface area contributed by atoms with E-state index in [1.807, 2.05) is 29.8 Å². The van der Waals surface area contributed by atoms with E-state index in [1.165, 1.54) is 11.1 Å². The van der Waals surface area contributed by atoms with Crippen LogP contribution >= 0.6 is 0 Å². The maximum Gasteiger partial charge on any atom is 0.160 e. The average Bonchev–Trinajstić information content (AvgIpc) is 2.78. The van der Waals surface area contributed by atoms with Gasteiger partial charge in [0.1, 0.15) is 0 Å². The lowest BCUT2D eigenvalue weighted by atomic mass is 10.0. The minimum Gasteiger partial charge on any atom is -0.395 e. The number of anilines is 1. The number of aryl methyl sites for hydroxylation is 3. The molecule has 2 heterocycles. The van der Waals surface area contributed by atoms with Crippen molar-refractivity contribution in [1.29, 1.82) is 0 Å². The van der Waals surface area contributed by atoms with Crippen molar-refractivity contribution in [1.82, 2.24) is 9.38 Å². The maximum absolute atomic E-state index is 6.09. The molecule has 0 unspecified atom stereocenters. The zero-order valence-corrected chi connectivity index (χ0v) is 11.4. The smallest absolute Gasteiger partial charge is 0.160 e. The maximum atomic E-state index is 6.09. The molecule has 0 spiro atoms. The number of nitrogen functional groups attached to an aromatic ring is 1. The Kier molecular flexibility index (Phi) is 2.56. The van der Waals surface area contributed by atoms with Crippen molar-refractivity contribution in [3.63, 3.8) is 0 Å². The Balaban J connectivity index is 2.23. The van der Waals surface area contributed by atoms with Crippen molar-refractivity contribution in [2.75, 3.05) is 5.73 Å². The van der Waals surface area contributed by atoms with Crippen molar-refractivity contribution in [3.8, 4) is 11.3 Å². The van der Waals surface area contributed by atoms with Crippen LogP contribution in [0.25, 0.3) is 16.9 Å². The summed E-state index contributed by atoms with van der Waals surface area (Å²) >= 11 is 0. The van der Waals surface area contributed by atoms with E-state index >= 15 is 0 Å². The molecular weight excluding hydrogens is 234 g/mol. The van der Waals surface area contributed by atoms with E-state index in [-0.39, 0.29) is 0 Å². The van der Waals surface area contributed by atoms with Crippen LogP contribution in [0.4, 0.5) is 5.69 Å². The van der Waals surface area contributed by atoms with Crippen molar-refractivity contribution < 1.29 is 0 Å². The van der Waals surface area contributed by atoms with Gasteiger partial charge in [-0.25, -0.2) is 4.98 Å². The van der Waals surface area contributed by atoms with Crippen LogP contribution in [0.2, 0.25) is 0 Å². The van der Waals surface area contributed by atoms with E-state index < -0.39 is 0 Å². The zero-order valence-electron chi connectivity index (χ0n) is 11.4. The molecule has 0 aliphatic heterocycles. The predicted molar refractivity (Wildman–Crippen MR) is 79.3 cm³/mol. The van der Waals surface area contributed by atoms with Crippen molar-refractivity contribution in [3.05, 3.63) is 53.3 Å². The van der Waals surface area contributed by atoms with E-state index in [0.717, 1.165) is 28.2 Å². The molecule has 0 saturated carbocycles. The number of fused-ring (bicyclic) bond motifs is 1. The Hall–Kier alpha value is -2.29. The molecule has 0 amide bonds. The number of nitrogens with two attached hydrogens (primary N) is 1. The number of benzene rings is 1. The van der Waals surface area contributed by atoms with Gasteiger partial charge in [-0.1, -0.05) is 23.8 Å². The summed E-state index contributed by atoms with van der Waals surface area (Å²) in [5, 5.41) is 0. The van der Waals surface area contributed by atoms with E-state index in [9.17, 15) is 0 Å². The lowest BCUT2D eigenvalue weighted by Gasteiger charge is -2.03. The standard InChI is InChI=1S/C16H17N3/c1-10-4-5-13(12(3)8-10)14-9-19-7-6-11(2)15(17)16(19)18-14/h4-9H,17H2,1-3H3. The Bertz CT molecular complexity index is 769. The number of pyridine rings is 1. The second-order valence-corrected chi connectivity index (χ2v) is 5.09.